The van der Waals surface area contributed by atoms with Crippen molar-refractivity contribution in [2.75, 3.05) is 13.7 Å². The SMILES string of the molecule is COc1cccc(OCC#Cc2ccccc2)c1. The highest BCUT2D eigenvalue weighted by atomic mass is 16.5. The molecule has 0 saturated heterocycles. The molecular weight excluding hydrogens is 224 g/mol. The van der Waals surface area contributed by atoms with Gasteiger partial charge < -0.3 is 9.47 Å². The molecule has 0 aliphatic carbocycles. The maximum absolute atomic E-state index is 5.52. The Kier molecular flexibility index (Phi) is 4.27. The van der Waals surface area contributed by atoms with Crippen LogP contribution < -0.4 is 9.47 Å². The molecule has 2 aromatic carbocycles. The first kappa shape index (κ1) is 12.1. The Morgan fingerprint density at radius 2 is 1.72 bits per heavy atom. The highest BCUT2D eigenvalue weighted by molar-refractivity contribution is 5.35. The van der Waals surface area contributed by atoms with Crippen molar-refractivity contribution in [3.05, 3.63) is 60.2 Å². The fourth-order valence-corrected chi connectivity index (χ4v) is 1.47. The van der Waals surface area contributed by atoms with E-state index in [1.807, 2.05) is 54.6 Å². The van der Waals surface area contributed by atoms with Gasteiger partial charge in [0.15, 0.2) is 0 Å². The van der Waals surface area contributed by atoms with Gasteiger partial charge in [0.25, 0.3) is 0 Å². The van der Waals surface area contributed by atoms with Crippen LogP contribution in [0.4, 0.5) is 0 Å². The molecule has 2 heteroatoms. The van der Waals surface area contributed by atoms with Crippen molar-refractivity contribution in [3.8, 4) is 23.3 Å². The number of hydrogen-bond donors (Lipinski definition) is 0. The lowest BCUT2D eigenvalue weighted by Gasteiger charge is -2.03. The van der Waals surface area contributed by atoms with Gasteiger partial charge in [-0.3, -0.25) is 0 Å². The fourth-order valence-electron chi connectivity index (χ4n) is 1.47. The molecule has 0 aromatic heterocycles. The van der Waals surface area contributed by atoms with Crippen LogP contribution in [-0.2, 0) is 0 Å². The molecule has 0 bridgehead atoms. The van der Waals surface area contributed by atoms with Crippen LogP contribution in [0.3, 0.4) is 0 Å². The lowest BCUT2D eigenvalue weighted by molar-refractivity contribution is 0.363. The van der Waals surface area contributed by atoms with E-state index in [0.717, 1.165) is 17.1 Å². The first-order chi connectivity index (χ1) is 8.88. The minimum Gasteiger partial charge on any atom is -0.497 e. The van der Waals surface area contributed by atoms with Crippen molar-refractivity contribution in [2.45, 2.75) is 0 Å². The van der Waals surface area contributed by atoms with E-state index in [4.69, 9.17) is 9.47 Å². The lowest BCUT2D eigenvalue weighted by Crippen LogP contribution is -1.94. The van der Waals surface area contributed by atoms with E-state index in [1.165, 1.54) is 0 Å². The van der Waals surface area contributed by atoms with Crippen molar-refractivity contribution in [3.63, 3.8) is 0 Å². The molecule has 0 unspecified atom stereocenters. The largest absolute Gasteiger partial charge is 0.497 e. The van der Waals surface area contributed by atoms with Gasteiger partial charge in [-0.2, -0.15) is 0 Å². The summed E-state index contributed by atoms with van der Waals surface area (Å²) in [6.07, 6.45) is 0. The van der Waals surface area contributed by atoms with Gasteiger partial charge in [0.1, 0.15) is 18.1 Å². The first-order valence-electron chi connectivity index (χ1n) is 5.69. The Morgan fingerprint density at radius 1 is 0.944 bits per heavy atom. The average Bonchev–Trinajstić information content (AvgIpc) is 2.45. The summed E-state index contributed by atoms with van der Waals surface area (Å²) >= 11 is 0. The Labute approximate surface area is 107 Å². The zero-order valence-electron chi connectivity index (χ0n) is 10.2. The van der Waals surface area contributed by atoms with Crippen molar-refractivity contribution in [2.24, 2.45) is 0 Å². The molecule has 2 aromatic rings. The number of ether oxygens (including phenoxy) is 2. The summed E-state index contributed by atoms with van der Waals surface area (Å²) in [7, 11) is 1.63. The average molecular weight is 238 g/mol. The van der Waals surface area contributed by atoms with Crippen LogP contribution in [0.25, 0.3) is 0 Å². The normalized spacial score (nSPS) is 9.17. The molecule has 2 rings (SSSR count). The summed E-state index contributed by atoms with van der Waals surface area (Å²) in [5.41, 5.74) is 0.992. The number of methoxy groups -OCH3 is 1. The van der Waals surface area contributed by atoms with E-state index in [2.05, 4.69) is 11.8 Å². The van der Waals surface area contributed by atoms with E-state index >= 15 is 0 Å². The second kappa shape index (κ2) is 6.36. The third-order valence-electron chi connectivity index (χ3n) is 2.36. The summed E-state index contributed by atoms with van der Waals surface area (Å²) in [4.78, 5) is 0. The quantitative estimate of drug-likeness (QED) is 0.765. The molecular formula is C16H14O2. The predicted molar refractivity (Wildman–Crippen MR) is 71.8 cm³/mol. The van der Waals surface area contributed by atoms with Gasteiger partial charge in [-0.15, -0.1) is 0 Å². The Hall–Kier alpha value is -2.40. The van der Waals surface area contributed by atoms with Crippen molar-refractivity contribution >= 4 is 0 Å². The van der Waals surface area contributed by atoms with Gasteiger partial charge in [-0.25, -0.2) is 0 Å². The van der Waals surface area contributed by atoms with Gasteiger partial charge >= 0.3 is 0 Å². The topological polar surface area (TPSA) is 18.5 Å². The zero-order chi connectivity index (χ0) is 12.6. The van der Waals surface area contributed by atoms with E-state index in [1.54, 1.807) is 7.11 Å². The van der Waals surface area contributed by atoms with Crippen molar-refractivity contribution in [1.82, 2.24) is 0 Å². The molecule has 0 atom stereocenters. The molecule has 0 saturated carbocycles. The Bertz CT molecular complexity index is 550. The second-order valence-electron chi connectivity index (χ2n) is 3.64. The number of rotatable bonds is 3. The Morgan fingerprint density at radius 3 is 2.50 bits per heavy atom. The second-order valence-corrected chi connectivity index (χ2v) is 3.64. The van der Waals surface area contributed by atoms with Gasteiger partial charge in [0.05, 0.1) is 7.11 Å². The molecule has 0 heterocycles. The standard InChI is InChI=1S/C16H14O2/c1-17-15-10-5-11-16(13-15)18-12-6-9-14-7-3-2-4-8-14/h2-5,7-8,10-11,13H,12H2,1H3. The third kappa shape index (κ3) is 3.57. The molecule has 0 aliphatic heterocycles. The van der Waals surface area contributed by atoms with E-state index in [-0.39, 0.29) is 0 Å². The zero-order valence-corrected chi connectivity index (χ0v) is 10.2. The van der Waals surface area contributed by atoms with Crippen LogP contribution >= 0.6 is 0 Å². The molecule has 0 fully saturated rings. The summed E-state index contributed by atoms with van der Waals surface area (Å²) in [6, 6.07) is 17.3. The summed E-state index contributed by atoms with van der Waals surface area (Å²) in [5.74, 6) is 7.55. The molecule has 0 N–H and O–H groups in total. The van der Waals surface area contributed by atoms with Gasteiger partial charge in [0.2, 0.25) is 0 Å². The van der Waals surface area contributed by atoms with Gasteiger partial charge in [-0.1, -0.05) is 36.1 Å². The maximum atomic E-state index is 5.52. The molecule has 90 valence electrons. The number of hydrogen-bond acceptors (Lipinski definition) is 2. The highest BCUT2D eigenvalue weighted by Gasteiger charge is 1.94. The van der Waals surface area contributed by atoms with Crippen LogP contribution in [0.15, 0.2) is 54.6 Å². The van der Waals surface area contributed by atoms with Crippen molar-refractivity contribution in [1.29, 1.82) is 0 Å². The van der Waals surface area contributed by atoms with Crippen LogP contribution in [0.1, 0.15) is 5.56 Å². The Balaban J connectivity index is 1.91. The van der Waals surface area contributed by atoms with E-state index in [0.29, 0.717) is 6.61 Å². The highest BCUT2D eigenvalue weighted by Crippen LogP contribution is 2.18. The van der Waals surface area contributed by atoms with Crippen LogP contribution in [0.5, 0.6) is 11.5 Å². The van der Waals surface area contributed by atoms with E-state index < -0.39 is 0 Å². The monoisotopic (exact) mass is 238 g/mol. The van der Waals surface area contributed by atoms with Crippen LogP contribution in [0, 0.1) is 11.8 Å². The predicted octanol–water partition coefficient (Wildman–Crippen LogP) is 3.13. The lowest BCUT2D eigenvalue weighted by atomic mass is 10.2. The molecule has 2 nitrogen and oxygen atoms in total. The van der Waals surface area contributed by atoms with Crippen molar-refractivity contribution < 1.29 is 9.47 Å². The fraction of sp³-hybridized carbons (Fsp3) is 0.125. The summed E-state index contributed by atoms with van der Waals surface area (Å²) < 4.78 is 10.6. The van der Waals surface area contributed by atoms with Crippen LogP contribution in [-0.4, -0.2) is 13.7 Å². The van der Waals surface area contributed by atoms with Gasteiger partial charge in [-0.05, 0) is 24.3 Å². The minimum absolute atomic E-state index is 0.363. The third-order valence-corrected chi connectivity index (χ3v) is 2.36. The van der Waals surface area contributed by atoms with Crippen LogP contribution in [0.2, 0.25) is 0 Å². The molecule has 0 aliphatic rings. The summed E-state index contributed by atoms with van der Waals surface area (Å²) in [5, 5.41) is 0. The first-order valence-corrected chi connectivity index (χ1v) is 5.69. The molecule has 0 amide bonds. The summed E-state index contributed by atoms with van der Waals surface area (Å²) in [6.45, 7) is 0.363. The molecule has 18 heavy (non-hydrogen) atoms. The molecule has 0 spiro atoms. The maximum Gasteiger partial charge on any atom is 0.149 e. The van der Waals surface area contributed by atoms with Gasteiger partial charge in [0, 0.05) is 11.6 Å². The smallest absolute Gasteiger partial charge is 0.149 e. The molecule has 0 radical (unpaired) electrons. The number of benzene rings is 2. The van der Waals surface area contributed by atoms with E-state index in [9.17, 15) is 0 Å². The minimum atomic E-state index is 0.363.